The molecule has 0 aliphatic heterocycles. The third kappa shape index (κ3) is 2.76. The molecule has 19 heavy (non-hydrogen) atoms. The van der Waals surface area contributed by atoms with Crippen LogP contribution in [0.25, 0.3) is 0 Å². The second-order valence-corrected chi connectivity index (χ2v) is 4.74. The van der Waals surface area contributed by atoms with Crippen LogP contribution in [-0.4, -0.2) is 21.1 Å². The van der Waals surface area contributed by atoms with E-state index in [1.165, 1.54) is 0 Å². The lowest BCUT2D eigenvalue weighted by atomic mass is 9.99. The molecule has 0 radical (unpaired) electrons. The van der Waals surface area contributed by atoms with E-state index >= 15 is 0 Å². The van der Waals surface area contributed by atoms with E-state index in [-0.39, 0.29) is 6.04 Å². The molecule has 0 aliphatic carbocycles. The molecule has 2 heterocycles. The zero-order valence-electron chi connectivity index (χ0n) is 11.7. The molecule has 2 aromatic rings. The molecule has 3 N–H and O–H groups in total. The predicted molar refractivity (Wildman–Crippen MR) is 76.7 cm³/mol. The number of nitrogen functional groups attached to an aromatic ring is 1. The minimum Gasteiger partial charge on any atom is -0.383 e. The number of anilines is 1. The molecular formula is C14H21N5. The Kier molecular flexibility index (Phi) is 4.16. The van der Waals surface area contributed by atoms with Gasteiger partial charge in [0.15, 0.2) is 0 Å². The third-order valence-corrected chi connectivity index (χ3v) is 3.28. The average Bonchev–Trinajstić information content (AvgIpc) is 2.79. The number of rotatable bonds is 5. The van der Waals surface area contributed by atoms with Crippen molar-refractivity contribution in [3.8, 4) is 0 Å². The lowest BCUT2D eigenvalue weighted by Gasteiger charge is -2.22. The summed E-state index contributed by atoms with van der Waals surface area (Å²) < 4.78 is 2.01. The maximum absolute atomic E-state index is 6.07. The number of aromatic nitrogens is 3. The van der Waals surface area contributed by atoms with Gasteiger partial charge in [-0.15, -0.1) is 0 Å². The van der Waals surface area contributed by atoms with Crippen molar-refractivity contribution >= 4 is 5.82 Å². The minimum atomic E-state index is 0.0288. The van der Waals surface area contributed by atoms with E-state index < -0.39 is 0 Å². The van der Waals surface area contributed by atoms with Gasteiger partial charge in [-0.25, -0.2) is 9.97 Å². The highest BCUT2D eigenvalue weighted by Gasteiger charge is 2.21. The highest BCUT2D eigenvalue weighted by molar-refractivity contribution is 5.48. The third-order valence-electron chi connectivity index (χ3n) is 3.28. The fourth-order valence-electron chi connectivity index (χ4n) is 2.26. The van der Waals surface area contributed by atoms with E-state index in [1.807, 2.05) is 23.9 Å². The number of nitrogens with two attached hydrogens (primary N) is 1. The number of imidazole rings is 1. The van der Waals surface area contributed by atoms with Crippen LogP contribution in [0, 0.1) is 6.92 Å². The van der Waals surface area contributed by atoms with Gasteiger partial charge >= 0.3 is 0 Å². The van der Waals surface area contributed by atoms with Crippen molar-refractivity contribution in [2.75, 3.05) is 12.3 Å². The van der Waals surface area contributed by atoms with Gasteiger partial charge in [0.1, 0.15) is 5.82 Å². The van der Waals surface area contributed by atoms with Gasteiger partial charge < -0.3 is 15.6 Å². The van der Waals surface area contributed by atoms with E-state index in [9.17, 15) is 0 Å². The van der Waals surface area contributed by atoms with Crippen LogP contribution in [0.4, 0.5) is 5.82 Å². The van der Waals surface area contributed by atoms with Gasteiger partial charge in [0.2, 0.25) is 0 Å². The largest absolute Gasteiger partial charge is 0.383 e. The van der Waals surface area contributed by atoms with Crippen molar-refractivity contribution in [2.24, 2.45) is 7.05 Å². The van der Waals surface area contributed by atoms with Crippen molar-refractivity contribution < 1.29 is 0 Å². The first-order valence-corrected chi connectivity index (χ1v) is 6.55. The van der Waals surface area contributed by atoms with Crippen LogP contribution in [0.1, 0.15) is 36.2 Å². The Morgan fingerprint density at radius 1 is 1.47 bits per heavy atom. The molecule has 5 heteroatoms. The molecule has 2 aromatic heterocycles. The Bertz CT molecular complexity index is 526. The summed E-state index contributed by atoms with van der Waals surface area (Å²) >= 11 is 0. The highest BCUT2D eigenvalue weighted by atomic mass is 15.1. The molecule has 0 bridgehead atoms. The molecule has 0 saturated heterocycles. The van der Waals surface area contributed by atoms with E-state index in [1.54, 1.807) is 12.5 Å². The van der Waals surface area contributed by atoms with Crippen molar-refractivity contribution in [3.05, 3.63) is 41.6 Å². The summed E-state index contributed by atoms with van der Waals surface area (Å²) in [6, 6.07) is 2.02. The molecule has 102 valence electrons. The number of nitrogens with one attached hydrogen (secondary N) is 1. The molecular weight excluding hydrogens is 238 g/mol. The van der Waals surface area contributed by atoms with Crippen LogP contribution in [0.3, 0.4) is 0 Å². The quantitative estimate of drug-likeness (QED) is 0.859. The van der Waals surface area contributed by atoms with E-state index in [0.717, 1.165) is 29.8 Å². The number of hydrogen-bond acceptors (Lipinski definition) is 4. The number of pyridine rings is 1. The predicted octanol–water partition coefficient (Wildman–Crippen LogP) is 1.79. The molecule has 0 aliphatic rings. The fourth-order valence-corrected chi connectivity index (χ4v) is 2.26. The molecule has 0 spiro atoms. The SMILES string of the molecule is CCCNC(c1c(C)ccnc1N)c1cncn1C. The maximum atomic E-state index is 6.07. The highest BCUT2D eigenvalue weighted by Crippen LogP contribution is 2.27. The Morgan fingerprint density at radius 2 is 2.26 bits per heavy atom. The van der Waals surface area contributed by atoms with Crippen LogP contribution < -0.4 is 11.1 Å². The Balaban J connectivity index is 2.46. The summed E-state index contributed by atoms with van der Waals surface area (Å²) in [5.74, 6) is 0.579. The summed E-state index contributed by atoms with van der Waals surface area (Å²) in [4.78, 5) is 8.41. The summed E-state index contributed by atoms with van der Waals surface area (Å²) in [5, 5.41) is 3.53. The molecule has 1 atom stereocenters. The molecule has 0 aromatic carbocycles. The van der Waals surface area contributed by atoms with Gasteiger partial charge in [-0.3, -0.25) is 0 Å². The summed E-state index contributed by atoms with van der Waals surface area (Å²) in [7, 11) is 1.99. The summed E-state index contributed by atoms with van der Waals surface area (Å²) in [6.07, 6.45) is 6.49. The van der Waals surface area contributed by atoms with E-state index in [0.29, 0.717) is 5.82 Å². The summed E-state index contributed by atoms with van der Waals surface area (Å²) in [5.41, 5.74) is 9.35. The number of nitrogens with zero attached hydrogens (tertiary/aromatic N) is 3. The first-order chi connectivity index (χ1) is 9.15. The van der Waals surface area contributed by atoms with Crippen LogP contribution in [-0.2, 0) is 7.05 Å². The molecule has 1 unspecified atom stereocenters. The van der Waals surface area contributed by atoms with Crippen LogP contribution >= 0.6 is 0 Å². The standard InChI is InChI=1S/C14H21N5/c1-4-6-17-13(11-8-16-9-19(11)3)12-10(2)5-7-18-14(12)15/h5,7-9,13,17H,4,6H2,1-3H3,(H2,15,18). The average molecular weight is 259 g/mol. The second kappa shape index (κ2) is 5.84. The van der Waals surface area contributed by atoms with Crippen molar-refractivity contribution in [1.29, 1.82) is 0 Å². The van der Waals surface area contributed by atoms with Crippen LogP contribution in [0.15, 0.2) is 24.8 Å². The van der Waals surface area contributed by atoms with Gasteiger partial charge in [0, 0.05) is 18.8 Å². The molecule has 0 amide bonds. The monoisotopic (exact) mass is 259 g/mol. The molecule has 5 nitrogen and oxygen atoms in total. The zero-order chi connectivity index (χ0) is 13.8. The topological polar surface area (TPSA) is 68.8 Å². The van der Waals surface area contributed by atoms with Gasteiger partial charge in [0.05, 0.1) is 24.3 Å². The number of hydrogen-bond donors (Lipinski definition) is 2. The Hall–Kier alpha value is -1.88. The van der Waals surface area contributed by atoms with E-state index in [2.05, 4.69) is 29.1 Å². The smallest absolute Gasteiger partial charge is 0.128 e. The molecule has 2 rings (SSSR count). The first kappa shape index (κ1) is 13.5. The number of aryl methyl sites for hydroxylation is 2. The fraction of sp³-hybridized carbons (Fsp3) is 0.429. The normalized spacial score (nSPS) is 12.6. The van der Waals surface area contributed by atoms with Crippen molar-refractivity contribution in [3.63, 3.8) is 0 Å². The van der Waals surface area contributed by atoms with Crippen LogP contribution in [0.5, 0.6) is 0 Å². The van der Waals surface area contributed by atoms with Crippen LogP contribution in [0.2, 0.25) is 0 Å². The summed E-state index contributed by atoms with van der Waals surface area (Å²) in [6.45, 7) is 5.13. The van der Waals surface area contributed by atoms with Gasteiger partial charge in [-0.1, -0.05) is 6.92 Å². The first-order valence-electron chi connectivity index (χ1n) is 6.55. The van der Waals surface area contributed by atoms with Gasteiger partial charge in [-0.2, -0.15) is 0 Å². The Labute approximate surface area is 113 Å². The lowest BCUT2D eigenvalue weighted by Crippen LogP contribution is -2.26. The van der Waals surface area contributed by atoms with Crippen molar-refractivity contribution in [2.45, 2.75) is 26.3 Å². The second-order valence-electron chi connectivity index (χ2n) is 4.74. The lowest BCUT2D eigenvalue weighted by molar-refractivity contribution is 0.567. The minimum absolute atomic E-state index is 0.0288. The van der Waals surface area contributed by atoms with Gasteiger partial charge in [0.25, 0.3) is 0 Å². The van der Waals surface area contributed by atoms with Crippen molar-refractivity contribution in [1.82, 2.24) is 19.9 Å². The zero-order valence-corrected chi connectivity index (χ0v) is 11.7. The Morgan fingerprint density at radius 3 is 2.84 bits per heavy atom. The molecule has 0 fully saturated rings. The molecule has 0 saturated carbocycles. The van der Waals surface area contributed by atoms with Gasteiger partial charge in [-0.05, 0) is 31.5 Å². The van der Waals surface area contributed by atoms with E-state index in [4.69, 9.17) is 5.73 Å². The maximum Gasteiger partial charge on any atom is 0.128 e.